The molecule has 3 fully saturated rings. The molecule has 2 saturated heterocycles. The molecule has 3 atom stereocenters. The van der Waals surface area contributed by atoms with E-state index in [2.05, 4.69) is 10.6 Å². The molecule has 2 aromatic rings. The number of carbonyl (C=O) groups is 3. The van der Waals surface area contributed by atoms with Crippen LogP contribution in [0.5, 0.6) is 0 Å². The van der Waals surface area contributed by atoms with Gasteiger partial charge in [0.1, 0.15) is 5.54 Å². The predicted octanol–water partition coefficient (Wildman–Crippen LogP) is 4.39. The minimum atomic E-state index is -1.44. The van der Waals surface area contributed by atoms with Gasteiger partial charge < -0.3 is 5.32 Å². The molecular weight excluding hydrogens is 484 g/mol. The zero-order chi connectivity index (χ0) is 21.9. The molecule has 6 nitrogen and oxygen atoms in total. The molecule has 10 heteroatoms. The van der Waals surface area contributed by atoms with E-state index in [1.165, 1.54) is 24.3 Å². The smallest absolute Gasteiger partial charge is 0.250 e. The fourth-order valence-electron chi connectivity index (χ4n) is 5.48. The fraction of sp³-hybridized carbons (Fsp3) is 0.286. The first-order chi connectivity index (χ1) is 14.7. The van der Waals surface area contributed by atoms with Gasteiger partial charge in [-0.15, -0.1) is 0 Å². The van der Waals surface area contributed by atoms with E-state index in [0.29, 0.717) is 39.2 Å². The number of nitrogens with zero attached hydrogens (tertiary/aromatic N) is 1. The second-order valence-corrected chi connectivity index (χ2v) is 10.2. The molecule has 1 saturated carbocycles. The van der Waals surface area contributed by atoms with E-state index in [1.54, 1.807) is 6.07 Å². The first kappa shape index (κ1) is 19.8. The third-order valence-electron chi connectivity index (χ3n) is 6.78. The lowest BCUT2D eigenvalue weighted by molar-refractivity contribution is -0.130. The highest BCUT2D eigenvalue weighted by atomic mass is 35.5. The Balaban J connectivity index is 1.56. The molecule has 0 bridgehead atoms. The Morgan fingerprint density at radius 3 is 2.10 bits per heavy atom. The molecule has 1 aliphatic carbocycles. The lowest BCUT2D eigenvalue weighted by Gasteiger charge is -2.29. The number of halogens is 4. The summed E-state index contributed by atoms with van der Waals surface area (Å²) in [7, 11) is 0. The van der Waals surface area contributed by atoms with Gasteiger partial charge in [-0.05, 0) is 43.2 Å². The molecular formula is C21H13Cl4N3O3. The number of fused-ring (bicyclic) bond motifs is 5. The van der Waals surface area contributed by atoms with Crippen molar-refractivity contribution in [3.63, 3.8) is 0 Å². The summed E-state index contributed by atoms with van der Waals surface area (Å²) in [5.41, 5.74) is -0.891. The van der Waals surface area contributed by atoms with Crippen molar-refractivity contribution < 1.29 is 14.4 Å². The molecule has 2 N–H and O–H groups in total. The average molecular weight is 497 g/mol. The van der Waals surface area contributed by atoms with E-state index in [1.807, 2.05) is 0 Å². The van der Waals surface area contributed by atoms with Gasteiger partial charge in [-0.3, -0.25) is 19.7 Å². The zero-order valence-corrected chi connectivity index (χ0v) is 18.7. The highest BCUT2D eigenvalue weighted by Crippen LogP contribution is 2.64. The van der Waals surface area contributed by atoms with Crippen LogP contribution < -0.4 is 15.5 Å². The maximum Gasteiger partial charge on any atom is 0.250 e. The van der Waals surface area contributed by atoms with Crippen LogP contribution in [0.4, 0.5) is 11.4 Å². The molecule has 2 aromatic carbocycles. The number of nitrogens with one attached hydrogen (secondary N) is 2. The predicted molar refractivity (Wildman–Crippen MR) is 118 cm³/mol. The number of hydrogen-bond acceptors (Lipinski definition) is 4. The monoisotopic (exact) mass is 495 g/mol. The lowest BCUT2D eigenvalue weighted by atomic mass is 9.76. The number of rotatable bonds is 1. The van der Waals surface area contributed by atoms with Crippen molar-refractivity contribution in [1.82, 2.24) is 5.32 Å². The van der Waals surface area contributed by atoms with Crippen LogP contribution in [0.1, 0.15) is 18.4 Å². The summed E-state index contributed by atoms with van der Waals surface area (Å²) in [6, 6.07) is 7.71. The maximum atomic E-state index is 13.8. The van der Waals surface area contributed by atoms with Gasteiger partial charge in [-0.2, -0.15) is 0 Å². The SMILES string of the molecule is O=C1C2C(C(=O)N1c1cc(Cl)cc(Cl)c1)C1(NC23CC3)C(=O)Nc2c(Cl)cc(Cl)cc21. The number of anilines is 2. The van der Waals surface area contributed by atoms with Crippen molar-refractivity contribution in [3.05, 3.63) is 56.0 Å². The Labute approximate surface area is 196 Å². The summed E-state index contributed by atoms with van der Waals surface area (Å²) in [6.07, 6.45) is 1.35. The van der Waals surface area contributed by atoms with Gasteiger partial charge in [0.2, 0.25) is 17.7 Å². The van der Waals surface area contributed by atoms with Crippen molar-refractivity contribution in [2.24, 2.45) is 11.8 Å². The summed E-state index contributed by atoms with van der Waals surface area (Å²) in [4.78, 5) is 41.8. The van der Waals surface area contributed by atoms with Gasteiger partial charge in [-0.1, -0.05) is 46.4 Å². The normalized spacial score (nSPS) is 29.7. The Kier molecular flexibility index (Phi) is 3.93. The number of amides is 3. The van der Waals surface area contributed by atoms with Gasteiger partial charge in [0.05, 0.1) is 28.2 Å². The second kappa shape index (κ2) is 6.15. The largest absolute Gasteiger partial charge is 0.323 e. The molecule has 3 aliphatic heterocycles. The van der Waals surface area contributed by atoms with E-state index >= 15 is 0 Å². The van der Waals surface area contributed by atoms with Gasteiger partial charge in [-0.25, -0.2) is 4.90 Å². The first-order valence-corrected chi connectivity index (χ1v) is 11.1. The third-order valence-corrected chi connectivity index (χ3v) is 7.74. The van der Waals surface area contributed by atoms with E-state index in [4.69, 9.17) is 46.4 Å². The van der Waals surface area contributed by atoms with Crippen molar-refractivity contribution in [2.75, 3.05) is 10.2 Å². The summed E-state index contributed by atoms with van der Waals surface area (Å²) >= 11 is 24.8. The molecule has 0 aromatic heterocycles. The first-order valence-electron chi connectivity index (χ1n) is 9.62. The van der Waals surface area contributed by atoms with Crippen LogP contribution in [0.25, 0.3) is 0 Å². The summed E-state index contributed by atoms with van der Waals surface area (Å²) in [5, 5.41) is 7.40. The number of imide groups is 1. The molecule has 3 amide bonds. The molecule has 0 radical (unpaired) electrons. The number of benzene rings is 2. The van der Waals surface area contributed by atoms with Gasteiger partial charge >= 0.3 is 0 Å². The van der Waals surface area contributed by atoms with E-state index in [-0.39, 0.29) is 16.6 Å². The summed E-state index contributed by atoms with van der Waals surface area (Å²) < 4.78 is 0. The highest BCUT2D eigenvalue weighted by molar-refractivity contribution is 6.38. The van der Waals surface area contributed by atoms with Crippen LogP contribution in [-0.4, -0.2) is 23.3 Å². The van der Waals surface area contributed by atoms with Crippen LogP contribution >= 0.6 is 46.4 Å². The van der Waals surface area contributed by atoms with E-state index in [0.717, 1.165) is 4.90 Å². The lowest BCUT2D eigenvalue weighted by Crippen LogP contribution is -2.54. The van der Waals surface area contributed by atoms with Crippen LogP contribution in [0.2, 0.25) is 20.1 Å². The van der Waals surface area contributed by atoms with Crippen molar-refractivity contribution in [2.45, 2.75) is 23.9 Å². The number of hydrogen-bond donors (Lipinski definition) is 2. The Morgan fingerprint density at radius 1 is 0.839 bits per heavy atom. The topological polar surface area (TPSA) is 78.5 Å². The van der Waals surface area contributed by atoms with E-state index in [9.17, 15) is 14.4 Å². The Morgan fingerprint density at radius 2 is 1.45 bits per heavy atom. The van der Waals surface area contributed by atoms with Crippen LogP contribution in [-0.2, 0) is 19.9 Å². The Bertz CT molecular complexity index is 1220. The van der Waals surface area contributed by atoms with Crippen molar-refractivity contribution >= 4 is 75.5 Å². The molecule has 4 aliphatic rings. The Hall–Kier alpha value is -1.83. The average Bonchev–Trinajstić information content (AvgIpc) is 3.19. The minimum Gasteiger partial charge on any atom is -0.323 e. The van der Waals surface area contributed by atoms with Gasteiger partial charge in [0, 0.05) is 26.2 Å². The van der Waals surface area contributed by atoms with Crippen LogP contribution in [0.3, 0.4) is 0 Å². The van der Waals surface area contributed by atoms with Gasteiger partial charge in [0.15, 0.2) is 0 Å². The standard InChI is InChI=1S/C21H13Cl4N3O3/c22-8-3-9(23)5-11(4-8)28-17(29)14-15(18(28)30)21(27-20(14)1-2-20)12-6-10(24)7-13(25)16(12)26-19(21)31/h3-7,14-15,27H,1-2H2,(H,26,31). The molecule has 6 rings (SSSR count). The third kappa shape index (κ3) is 2.43. The molecule has 2 spiro atoms. The summed E-state index contributed by atoms with van der Waals surface area (Å²) in [5.74, 6) is -2.92. The van der Waals surface area contributed by atoms with E-state index < -0.39 is 34.7 Å². The zero-order valence-electron chi connectivity index (χ0n) is 15.6. The highest BCUT2D eigenvalue weighted by Gasteiger charge is 2.78. The minimum absolute atomic E-state index is 0.276. The van der Waals surface area contributed by atoms with Crippen LogP contribution in [0.15, 0.2) is 30.3 Å². The fourth-order valence-corrected chi connectivity index (χ4v) is 6.54. The summed E-state index contributed by atoms with van der Waals surface area (Å²) in [6.45, 7) is 0. The van der Waals surface area contributed by atoms with Gasteiger partial charge in [0.25, 0.3) is 0 Å². The quantitative estimate of drug-likeness (QED) is 0.574. The van der Waals surface area contributed by atoms with Crippen LogP contribution in [0, 0.1) is 11.8 Å². The second-order valence-electron chi connectivity index (χ2n) is 8.45. The molecule has 3 unspecified atom stereocenters. The number of carbonyl (C=O) groups excluding carboxylic acids is 3. The maximum absolute atomic E-state index is 13.8. The molecule has 158 valence electrons. The molecule has 31 heavy (non-hydrogen) atoms. The molecule has 3 heterocycles. The van der Waals surface area contributed by atoms with Crippen molar-refractivity contribution in [3.8, 4) is 0 Å². The van der Waals surface area contributed by atoms with Crippen molar-refractivity contribution in [1.29, 1.82) is 0 Å².